The van der Waals surface area contributed by atoms with E-state index in [0.717, 1.165) is 11.9 Å². The Morgan fingerprint density at radius 3 is 2.31 bits per heavy atom. The van der Waals surface area contributed by atoms with Crippen molar-refractivity contribution >= 4 is 26.6 Å². The smallest absolute Gasteiger partial charge is 0.416 e. The summed E-state index contributed by atoms with van der Waals surface area (Å²) in [6.07, 6.45) is -3.59. The summed E-state index contributed by atoms with van der Waals surface area (Å²) in [4.78, 5) is 1.99. The van der Waals surface area contributed by atoms with Crippen LogP contribution in [0.15, 0.2) is 30.3 Å². The van der Waals surface area contributed by atoms with Gasteiger partial charge in [0.2, 0.25) is 10.0 Å². The Kier molecular flexibility index (Phi) is 5.32. The first-order valence-corrected chi connectivity index (χ1v) is 11.5. The molecule has 1 N–H and O–H groups in total. The molecule has 0 unspecified atom stereocenters. The van der Waals surface area contributed by atoms with Crippen molar-refractivity contribution < 1.29 is 31.1 Å². The van der Waals surface area contributed by atoms with Gasteiger partial charge in [0.1, 0.15) is 5.69 Å². The number of hydrogen-bond donors (Lipinski definition) is 1. The second-order valence-electron chi connectivity index (χ2n) is 7.68. The second kappa shape index (κ2) is 7.62. The molecule has 1 aliphatic rings. The van der Waals surface area contributed by atoms with E-state index in [1.54, 1.807) is 25.2 Å². The molecule has 1 saturated heterocycles. The Hall–Kier alpha value is -2.86. The van der Waals surface area contributed by atoms with Crippen LogP contribution in [0.4, 0.5) is 23.2 Å². The SMILES string of the molecule is Cn1nc(-c2cc(C(F)(F)F)cc(O)c2F)c2ccc(N3CCN(S(C)(=O)=O)CC3)cc21. The minimum Gasteiger partial charge on any atom is -0.505 e. The molecule has 4 rings (SSSR count). The Balaban J connectivity index is 1.73. The van der Waals surface area contributed by atoms with E-state index in [1.807, 2.05) is 4.90 Å². The summed E-state index contributed by atoms with van der Waals surface area (Å²) in [5, 5.41) is 14.3. The number of nitrogens with zero attached hydrogens (tertiary/aromatic N) is 4. The molecule has 0 amide bonds. The highest BCUT2D eigenvalue weighted by Crippen LogP contribution is 2.39. The lowest BCUT2D eigenvalue weighted by atomic mass is 10.0. The van der Waals surface area contributed by atoms with Crippen molar-refractivity contribution in [2.75, 3.05) is 37.3 Å². The molecule has 1 aliphatic heterocycles. The van der Waals surface area contributed by atoms with E-state index in [9.17, 15) is 31.1 Å². The van der Waals surface area contributed by atoms with E-state index in [-0.39, 0.29) is 5.69 Å². The van der Waals surface area contributed by atoms with Crippen LogP contribution in [-0.2, 0) is 23.2 Å². The van der Waals surface area contributed by atoms with Gasteiger partial charge in [-0.25, -0.2) is 12.8 Å². The van der Waals surface area contributed by atoms with Crippen molar-refractivity contribution in [3.63, 3.8) is 0 Å². The predicted octanol–water partition coefficient (Wildman–Crippen LogP) is 3.19. The number of hydrogen-bond acceptors (Lipinski definition) is 5. The molecule has 0 radical (unpaired) electrons. The van der Waals surface area contributed by atoms with Crippen LogP contribution in [0.5, 0.6) is 5.75 Å². The zero-order valence-corrected chi connectivity index (χ0v) is 18.0. The fraction of sp³-hybridized carbons (Fsp3) is 0.350. The van der Waals surface area contributed by atoms with Gasteiger partial charge in [-0.15, -0.1) is 0 Å². The quantitative estimate of drug-likeness (QED) is 0.593. The lowest BCUT2D eigenvalue weighted by Crippen LogP contribution is -2.48. The Labute approximate surface area is 181 Å². The summed E-state index contributed by atoms with van der Waals surface area (Å²) >= 11 is 0. The van der Waals surface area contributed by atoms with E-state index >= 15 is 0 Å². The minimum absolute atomic E-state index is 0.0187. The molecule has 12 heteroatoms. The maximum Gasteiger partial charge on any atom is 0.416 e. The van der Waals surface area contributed by atoms with Gasteiger partial charge in [0.25, 0.3) is 0 Å². The van der Waals surface area contributed by atoms with Crippen LogP contribution in [0.3, 0.4) is 0 Å². The first-order valence-electron chi connectivity index (χ1n) is 9.63. The standard InChI is InChI=1S/C20H20F4N4O3S/c1-26-16-11-13(27-5-7-28(8-6-27)32(2,30)31)3-4-14(16)19(25-26)15-9-12(20(22,23)24)10-17(29)18(15)21/h3-4,9-11,29H,5-8H2,1-2H3. The number of aromatic hydroxyl groups is 1. The number of phenols is 1. The van der Waals surface area contributed by atoms with Gasteiger partial charge in [0.05, 0.1) is 17.3 Å². The predicted molar refractivity (Wildman–Crippen MR) is 111 cm³/mol. The van der Waals surface area contributed by atoms with E-state index < -0.39 is 38.9 Å². The fourth-order valence-electron chi connectivity index (χ4n) is 3.86. The van der Waals surface area contributed by atoms with Crippen LogP contribution in [0, 0.1) is 5.82 Å². The van der Waals surface area contributed by atoms with Crippen LogP contribution in [-0.4, -0.2) is 60.0 Å². The zero-order valence-electron chi connectivity index (χ0n) is 17.2. The number of benzene rings is 2. The second-order valence-corrected chi connectivity index (χ2v) is 9.66. The average molecular weight is 472 g/mol. The van der Waals surface area contributed by atoms with Crippen molar-refractivity contribution in [1.29, 1.82) is 0 Å². The number of piperazine rings is 1. The van der Waals surface area contributed by atoms with Crippen LogP contribution >= 0.6 is 0 Å². The van der Waals surface area contributed by atoms with Gasteiger partial charge in [-0.05, 0) is 30.3 Å². The molecule has 0 bridgehead atoms. The molecule has 0 saturated carbocycles. The van der Waals surface area contributed by atoms with E-state index in [0.29, 0.717) is 49.2 Å². The Morgan fingerprint density at radius 1 is 1.06 bits per heavy atom. The molecule has 3 aromatic rings. The highest BCUT2D eigenvalue weighted by Gasteiger charge is 2.33. The summed E-state index contributed by atoms with van der Waals surface area (Å²) < 4.78 is 80.3. The number of aryl methyl sites for hydroxylation is 1. The third kappa shape index (κ3) is 3.99. The number of phenolic OH excluding ortho intramolecular Hbond substituents is 1. The van der Waals surface area contributed by atoms with E-state index in [2.05, 4.69) is 5.10 Å². The van der Waals surface area contributed by atoms with Gasteiger partial charge in [0.15, 0.2) is 11.6 Å². The molecular formula is C20H20F4N4O3S. The van der Waals surface area contributed by atoms with Crippen LogP contribution in [0.25, 0.3) is 22.2 Å². The molecule has 32 heavy (non-hydrogen) atoms. The number of sulfonamides is 1. The van der Waals surface area contributed by atoms with Gasteiger partial charge in [-0.3, -0.25) is 4.68 Å². The van der Waals surface area contributed by atoms with Gasteiger partial charge >= 0.3 is 6.18 Å². The Morgan fingerprint density at radius 2 is 1.72 bits per heavy atom. The fourth-order valence-corrected chi connectivity index (χ4v) is 4.69. The highest BCUT2D eigenvalue weighted by molar-refractivity contribution is 7.88. The summed E-state index contributed by atoms with van der Waals surface area (Å²) in [5.74, 6) is -2.28. The molecule has 172 valence electrons. The van der Waals surface area contributed by atoms with E-state index in [4.69, 9.17) is 0 Å². The number of rotatable bonds is 3. The van der Waals surface area contributed by atoms with Gasteiger partial charge < -0.3 is 10.0 Å². The normalized spacial score (nSPS) is 16.1. The van der Waals surface area contributed by atoms with Gasteiger partial charge in [0, 0.05) is 49.9 Å². The van der Waals surface area contributed by atoms with Crippen LogP contribution in [0.1, 0.15) is 5.56 Å². The molecule has 0 aliphatic carbocycles. The van der Waals surface area contributed by atoms with Crippen LogP contribution < -0.4 is 4.90 Å². The van der Waals surface area contributed by atoms with Crippen molar-refractivity contribution in [3.8, 4) is 17.0 Å². The topological polar surface area (TPSA) is 78.7 Å². The number of alkyl halides is 3. The molecule has 2 heterocycles. The first kappa shape index (κ1) is 22.3. The molecule has 1 fully saturated rings. The summed E-state index contributed by atoms with van der Waals surface area (Å²) in [7, 11) is -1.68. The third-order valence-electron chi connectivity index (χ3n) is 5.54. The lowest BCUT2D eigenvalue weighted by Gasteiger charge is -2.34. The molecule has 0 atom stereocenters. The zero-order chi connectivity index (χ0) is 23.4. The average Bonchev–Trinajstić information content (AvgIpc) is 3.04. The van der Waals surface area contributed by atoms with Gasteiger partial charge in [-0.1, -0.05) is 0 Å². The molecule has 2 aromatic carbocycles. The number of halogens is 4. The Bertz CT molecular complexity index is 1300. The summed E-state index contributed by atoms with van der Waals surface area (Å²) in [5.41, 5.74) is -0.301. The molecule has 7 nitrogen and oxygen atoms in total. The lowest BCUT2D eigenvalue weighted by molar-refractivity contribution is -0.137. The van der Waals surface area contributed by atoms with Crippen molar-refractivity contribution in [3.05, 3.63) is 41.7 Å². The number of aromatic nitrogens is 2. The maximum absolute atomic E-state index is 14.6. The highest BCUT2D eigenvalue weighted by atomic mass is 32.2. The van der Waals surface area contributed by atoms with Crippen LogP contribution in [0.2, 0.25) is 0 Å². The minimum atomic E-state index is -4.76. The van der Waals surface area contributed by atoms with Crippen molar-refractivity contribution in [2.45, 2.75) is 6.18 Å². The monoisotopic (exact) mass is 472 g/mol. The summed E-state index contributed by atoms with van der Waals surface area (Å²) in [6, 6.07) is 6.11. The first-order chi connectivity index (χ1) is 14.9. The van der Waals surface area contributed by atoms with Crippen molar-refractivity contribution in [1.82, 2.24) is 14.1 Å². The summed E-state index contributed by atoms with van der Waals surface area (Å²) in [6.45, 7) is 1.61. The maximum atomic E-state index is 14.6. The number of anilines is 1. The molecule has 1 aromatic heterocycles. The van der Waals surface area contributed by atoms with E-state index in [1.165, 1.54) is 8.99 Å². The largest absolute Gasteiger partial charge is 0.505 e. The third-order valence-corrected chi connectivity index (χ3v) is 6.85. The molecule has 0 spiro atoms. The van der Waals surface area contributed by atoms with Crippen molar-refractivity contribution in [2.24, 2.45) is 7.05 Å². The molecular weight excluding hydrogens is 452 g/mol. The van der Waals surface area contributed by atoms with Gasteiger partial charge in [-0.2, -0.15) is 22.6 Å². The number of fused-ring (bicyclic) bond motifs is 1.